The summed E-state index contributed by atoms with van der Waals surface area (Å²) in [5, 5.41) is 13.0. The fourth-order valence-corrected chi connectivity index (χ4v) is 2.82. The Labute approximate surface area is 130 Å². The van der Waals surface area contributed by atoms with E-state index < -0.39 is 11.2 Å². The molecule has 3 aromatic rings. The second-order valence-electron chi connectivity index (χ2n) is 5.20. The summed E-state index contributed by atoms with van der Waals surface area (Å²) in [7, 11) is 1.57. The van der Waals surface area contributed by atoms with Crippen LogP contribution in [0.4, 0.5) is 5.69 Å². The molecule has 4 rings (SSSR count). The second kappa shape index (κ2) is 5.22. The molecule has 23 heavy (non-hydrogen) atoms. The predicted octanol–water partition coefficient (Wildman–Crippen LogP) is 3.55. The Morgan fingerprint density at radius 2 is 1.87 bits per heavy atom. The van der Waals surface area contributed by atoms with Gasteiger partial charge in [-0.3, -0.25) is 10.1 Å². The number of methoxy groups -OCH3 is 1. The average Bonchev–Trinajstić information content (AvgIpc) is 3.19. The van der Waals surface area contributed by atoms with Gasteiger partial charge in [0, 0.05) is 16.8 Å². The molecular formula is C16H13NO6. The molecule has 118 valence electrons. The summed E-state index contributed by atoms with van der Waals surface area (Å²) in [6.45, 7) is 0.840. The summed E-state index contributed by atoms with van der Waals surface area (Å²) in [5.41, 5.74) is 1.38. The minimum Gasteiger partial charge on any atom is -0.497 e. The molecule has 0 amide bonds. The van der Waals surface area contributed by atoms with Crippen molar-refractivity contribution in [3.63, 3.8) is 0 Å². The zero-order valence-electron chi connectivity index (χ0n) is 12.3. The molecule has 7 nitrogen and oxygen atoms in total. The van der Waals surface area contributed by atoms with Gasteiger partial charge in [-0.25, -0.2) is 0 Å². The Balaban J connectivity index is 1.98. The van der Waals surface area contributed by atoms with Gasteiger partial charge in [0.25, 0.3) is 5.69 Å². The van der Waals surface area contributed by atoms with Crippen molar-refractivity contribution in [3.8, 4) is 5.75 Å². The van der Waals surface area contributed by atoms with E-state index in [1.807, 2.05) is 12.1 Å². The highest BCUT2D eigenvalue weighted by atomic mass is 16.7. The molecule has 0 unspecified atom stereocenters. The molecule has 0 bridgehead atoms. The molecule has 0 aliphatic carbocycles. The SMILES string of the molecule is COc1ccc2c(c1)oc1cc([N+](=O)[O-])c(C3OCCO3)cc12. The third kappa shape index (κ3) is 2.21. The van der Waals surface area contributed by atoms with E-state index in [9.17, 15) is 10.1 Å². The maximum Gasteiger partial charge on any atom is 0.281 e. The van der Waals surface area contributed by atoms with Gasteiger partial charge in [-0.1, -0.05) is 0 Å². The first-order valence-corrected chi connectivity index (χ1v) is 7.09. The molecule has 0 saturated carbocycles. The van der Waals surface area contributed by atoms with E-state index in [0.717, 1.165) is 10.8 Å². The topological polar surface area (TPSA) is 84.0 Å². The van der Waals surface area contributed by atoms with E-state index in [0.29, 0.717) is 35.7 Å². The van der Waals surface area contributed by atoms with Crippen molar-refractivity contribution in [1.29, 1.82) is 0 Å². The summed E-state index contributed by atoms with van der Waals surface area (Å²) in [5.74, 6) is 0.661. The van der Waals surface area contributed by atoms with E-state index in [-0.39, 0.29) is 5.69 Å². The minimum atomic E-state index is -0.719. The number of fused-ring (bicyclic) bond motifs is 3. The van der Waals surface area contributed by atoms with Crippen molar-refractivity contribution in [2.24, 2.45) is 0 Å². The maximum absolute atomic E-state index is 11.4. The van der Waals surface area contributed by atoms with E-state index in [4.69, 9.17) is 18.6 Å². The van der Waals surface area contributed by atoms with Crippen LogP contribution in [0.2, 0.25) is 0 Å². The molecule has 0 spiro atoms. The quantitative estimate of drug-likeness (QED) is 0.543. The van der Waals surface area contributed by atoms with Gasteiger partial charge in [0.05, 0.1) is 36.9 Å². The lowest BCUT2D eigenvalue weighted by molar-refractivity contribution is -0.386. The fraction of sp³-hybridized carbons (Fsp3) is 0.250. The van der Waals surface area contributed by atoms with Crippen molar-refractivity contribution < 1.29 is 23.6 Å². The summed E-state index contributed by atoms with van der Waals surface area (Å²) in [6.07, 6.45) is -0.719. The molecule has 1 aliphatic rings. The summed E-state index contributed by atoms with van der Waals surface area (Å²) in [4.78, 5) is 10.9. The Bertz CT molecular complexity index is 910. The predicted molar refractivity (Wildman–Crippen MR) is 81.6 cm³/mol. The molecule has 1 saturated heterocycles. The first-order chi connectivity index (χ1) is 11.2. The third-order valence-corrected chi connectivity index (χ3v) is 3.90. The van der Waals surface area contributed by atoms with Gasteiger partial charge in [-0.15, -0.1) is 0 Å². The molecule has 0 N–H and O–H groups in total. The molecule has 0 atom stereocenters. The highest BCUT2D eigenvalue weighted by molar-refractivity contribution is 6.06. The highest BCUT2D eigenvalue weighted by Crippen LogP contribution is 2.39. The first kappa shape index (κ1) is 14.0. The smallest absolute Gasteiger partial charge is 0.281 e. The van der Waals surface area contributed by atoms with E-state index >= 15 is 0 Å². The third-order valence-electron chi connectivity index (χ3n) is 3.90. The zero-order chi connectivity index (χ0) is 16.0. The average molecular weight is 315 g/mol. The highest BCUT2D eigenvalue weighted by Gasteiger charge is 2.28. The Morgan fingerprint density at radius 3 is 2.57 bits per heavy atom. The van der Waals surface area contributed by atoms with Gasteiger partial charge in [0.1, 0.15) is 16.9 Å². The van der Waals surface area contributed by atoms with Crippen molar-refractivity contribution in [1.82, 2.24) is 0 Å². The van der Waals surface area contributed by atoms with Crippen molar-refractivity contribution >= 4 is 27.6 Å². The van der Waals surface area contributed by atoms with Crippen LogP contribution >= 0.6 is 0 Å². The Kier molecular flexibility index (Phi) is 3.17. The summed E-state index contributed by atoms with van der Waals surface area (Å²) in [6, 6.07) is 8.57. The number of nitrogens with zero attached hydrogens (tertiary/aromatic N) is 1. The largest absolute Gasteiger partial charge is 0.497 e. The van der Waals surface area contributed by atoms with Crippen LogP contribution in [0.15, 0.2) is 34.7 Å². The molecule has 0 radical (unpaired) electrons. The Morgan fingerprint density at radius 1 is 1.13 bits per heavy atom. The minimum absolute atomic E-state index is 0.0737. The van der Waals surface area contributed by atoms with Crippen molar-refractivity contribution in [2.75, 3.05) is 20.3 Å². The van der Waals surface area contributed by atoms with Gasteiger partial charge >= 0.3 is 0 Å². The van der Waals surface area contributed by atoms with E-state index in [2.05, 4.69) is 0 Å². The van der Waals surface area contributed by atoms with Crippen LogP contribution in [0.25, 0.3) is 21.9 Å². The number of rotatable bonds is 3. The summed E-state index contributed by atoms with van der Waals surface area (Å²) >= 11 is 0. The lowest BCUT2D eigenvalue weighted by atomic mass is 10.1. The lowest BCUT2D eigenvalue weighted by Gasteiger charge is -2.09. The molecule has 1 aliphatic heterocycles. The number of furan rings is 1. The molecule has 2 heterocycles. The molecular weight excluding hydrogens is 302 g/mol. The van der Waals surface area contributed by atoms with Crippen molar-refractivity contribution in [3.05, 3.63) is 46.0 Å². The first-order valence-electron chi connectivity index (χ1n) is 7.09. The number of hydrogen-bond donors (Lipinski definition) is 0. The van der Waals surface area contributed by atoms with Crippen LogP contribution in [0, 0.1) is 10.1 Å². The number of ether oxygens (including phenoxy) is 3. The van der Waals surface area contributed by atoms with Crippen LogP contribution in [0.5, 0.6) is 5.75 Å². The van der Waals surface area contributed by atoms with Crippen LogP contribution in [-0.4, -0.2) is 25.2 Å². The van der Waals surface area contributed by atoms with Gasteiger partial charge in [0.15, 0.2) is 6.29 Å². The maximum atomic E-state index is 11.4. The molecule has 7 heteroatoms. The lowest BCUT2D eigenvalue weighted by Crippen LogP contribution is -2.03. The summed E-state index contributed by atoms with van der Waals surface area (Å²) < 4.78 is 21.8. The van der Waals surface area contributed by atoms with Gasteiger partial charge in [-0.05, 0) is 18.2 Å². The standard InChI is InChI=1S/C16H13NO6/c1-20-9-2-3-10-11-7-12(16-21-4-5-22-16)13(17(18)19)8-15(11)23-14(10)6-9/h2-3,6-8,16H,4-5H2,1H3. The number of nitro benzene ring substituents is 1. The fourth-order valence-electron chi connectivity index (χ4n) is 2.82. The number of nitro groups is 1. The molecule has 2 aromatic carbocycles. The second-order valence-corrected chi connectivity index (χ2v) is 5.20. The van der Waals surface area contributed by atoms with Gasteiger partial charge < -0.3 is 18.6 Å². The van der Waals surface area contributed by atoms with Crippen LogP contribution in [0.1, 0.15) is 11.9 Å². The monoisotopic (exact) mass is 315 g/mol. The molecule has 1 fully saturated rings. The molecule has 1 aromatic heterocycles. The van der Waals surface area contributed by atoms with Crippen LogP contribution in [0.3, 0.4) is 0 Å². The van der Waals surface area contributed by atoms with Gasteiger partial charge in [0.2, 0.25) is 0 Å². The van der Waals surface area contributed by atoms with Gasteiger partial charge in [-0.2, -0.15) is 0 Å². The van der Waals surface area contributed by atoms with Crippen LogP contribution < -0.4 is 4.74 Å². The number of benzene rings is 2. The van der Waals surface area contributed by atoms with E-state index in [1.54, 1.807) is 19.2 Å². The zero-order valence-corrected chi connectivity index (χ0v) is 12.3. The normalized spacial score (nSPS) is 15.5. The number of hydrogen-bond acceptors (Lipinski definition) is 6. The van der Waals surface area contributed by atoms with E-state index in [1.165, 1.54) is 6.07 Å². The van der Waals surface area contributed by atoms with Crippen molar-refractivity contribution in [2.45, 2.75) is 6.29 Å². The van der Waals surface area contributed by atoms with Crippen LogP contribution in [-0.2, 0) is 9.47 Å². The Hall–Kier alpha value is -2.64.